The van der Waals surface area contributed by atoms with Gasteiger partial charge < -0.3 is 25.0 Å². The summed E-state index contributed by atoms with van der Waals surface area (Å²) in [6.07, 6.45) is -1.52. The monoisotopic (exact) mass is 550 g/mol. The van der Waals surface area contributed by atoms with Crippen LogP contribution in [0.15, 0.2) is 23.4 Å². The number of thioether (sulfide) groups is 1. The number of aliphatic hydroxyl groups is 2. The lowest BCUT2D eigenvalue weighted by molar-refractivity contribution is -0.150. The van der Waals surface area contributed by atoms with Crippen LogP contribution in [-0.4, -0.2) is 85.0 Å². The van der Waals surface area contributed by atoms with Gasteiger partial charge in [0.05, 0.1) is 19.3 Å². The SMILES string of the molecule is CCCSc1nc(NC2C[C@@H]2c2ccc(F)c(F)c2)c2nnn(C3C[C@H](OCC(=O)OC)[C@@H](O)[C@H]3O)c2n1. The smallest absolute Gasteiger partial charge is 0.331 e. The number of esters is 1. The number of hydrogen-bond acceptors (Lipinski definition) is 11. The van der Waals surface area contributed by atoms with Gasteiger partial charge in [0.15, 0.2) is 33.8 Å². The maximum Gasteiger partial charge on any atom is 0.331 e. The number of anilines is 1. The Morgan fingerprint density at radius 1 is 1.21 bits per heavy atom. The standard InChI is InChI=1S/C24H28F2N6O5S/c1-3-6-38-24-28-22(27-15-8-12(15)11-4-5-13(25)14(26)7-11)19-23(29-24)32(31-30-19)16-9-17(21(35)20(16)34)37-10-18(33)36-2/h4-5,7,12,15-17,20-21,34-35H,3,6,8-10H2,1-2H3,(H,27,28,29)/t12-,15?,16?,17+,20+,21-/m1/s1. The molecule has 3 N–H and O–H groups in total. The molecule has 2 aromatic heterocycles. The first kappa shape index (κ1) is 26.7. The molecular formula is C24H28F2N6O5S. The lowest BCUT2D eigenvalue weighted by atomic mass is 10.1. The zero-order valence-corrected chi connectivity index (χ0v) is 21.6. The third kappa shape index (κ3) is 5.30. The Hall–Kier alpha value is -2.94. The molecule has 6 atom stereocenters. The second kappa shape index (κ2) is 11.0. The van der Waals surface area contributed by atoms with Crippen molar-refractivity contribution in [3.63, 3.8) is 0 Å². The van der Waals surface area contributed by atoms with Crippen LogP contribution in [0.25, 0.3) is 11.2 Å². The molecule has 204 valence electrons. The van der Waals surface area contributed by atoms with E-state index < -0.39 is 42.0 Å². The Balaban J connectivity index is 1.40. The molecule has 0 aliphatic heterocycles. The Bertz CT molecular complexity index is 1330. The summed E-state index contributed by atoms with van der Waals surface area (Å²) in [5, 5.41) is 33.6. The number of benzene rings is 1. The highest BCUT2D eigenvalue weighted by atomic mass is 32.2. The number of aromatic nitrogens is 5. The van der Waals surface area contributed by atoms with Crippen LogP contribution >= 0.6 is 11.8 Å². The van der Waals surface area contributed by atoms with E-state index in [2.05, 4.69) is 30.3 Å². The van der Waals surface area contributed by atoms with Crippen molar-refractivity contribution in [2.45, 2.75) is 67.7 Å². The van der Waals surface area contributed by atoms with Crippen molar-refractivity contribution in [3.05, 3.63) is 35.4 Å². The first-order chi connectivity index (χ1) is 18.3. The van der Waals surface area contributed by atoms with Crippen molar-refractivity contribution >= 4 is 34.7 Å². The van der Waals surface area contributed by atoms with Gasteiger partial charge in [-0.3, -0.25) is 0 Å². The molecule has 3 aromatic rings. The second-order valence-corrected chi connectivity index (χ2v) is 10.4. The summed E-state index contributed by atoms with van der Waals surface area (Å²) in [7, 11) is 1.23. The van der Waals surface area contributed by atoms with E-state index in [1.54, 1.807) is 6.07 Å². The number of carbonyl (C=O) groups excluding carboxylic acids is 1. The Morgan fingerprint density at radius 3 is 2.76 bits per heavy atom. The van der Waals surface area contributed by atoms with E-state index in [4.69, 9.17) is 4.74 Å². The van der Waals surface area contributed by atoms with Crippen molar-refractivity contribution in [3.8, 4) is 0 Å². The number of hydrogen-bond donors (Lipinski definition) is 3. The summed E-state index contributed by atoms with van der Waals surface area (Å²) in [6.45, 7) is 1.68. The van der Waals surface area contributed by atoms with Crippen molar-refractivity contribution < 1.29 is 33.3 Å². The summed E-state index contributed by atoms with van der Waals surface area (Å²) in [6, 6.07) is 3.13. The molecule has 2 saturated carbocycles. The average molecular weight is 551 g/mol. The third-order valence-corrected chi connectivity index (χ3v) is 7.83. The van der Waals surface area contributed by atoms with Crippen molar-refractivity contribution in [1.82, 2.24) is 25.0 Å². The number of rotatable bonds is 10. The van der Waals surface area contributed by atoms with Crippen LogP contribution in [0, 0.1) is 11.6 Å². The van der Waals surface area contributed by atoms with E-state index in [-0.39, 0.29) is 25.0 Å². The van der Waals surface area contributed by atoms with Gasteiger partial charge in [-0.1, -0.05) is 30.0 Å². The minimum Gasteiger partial charge on any atom is -0.467 e. The minimum atomic E-state index is -1.25. The summed E-state index contributed by atoms with van der Waals surface area (Å²) >= 11 is 1.46. The number of ether oxygens (including phenoxy) is 2. The van der Waals surface area contributed by atoms with Gasteiger partial charge in [0.1, 0.15) is 18.8 Å². The molecule has 0 amide bonds. The zero-order chi connectivity index (χ0) is 27.0. The number of methoxy groups -OCH3 is 1. The fraction of sp³-hybridized carbons (Fsp3) is 0.542. The molecule has 38 heavy (non-hydrogen) atoms. The highest BCUT2D eigenvalue weighted by Gasteiger charge is 2.45. The van der Waals surface area contributed by atoms with Crippen LogP contribution in [0.1, 0.15) is 43.7 Å². The number of nitrogens with one attached hydrogen (secondary N) is 1. The van der Waals surface area contributed by atoms with Gasteiger partial charge in [0.2, 0.25) is 0 Å². The lowest BCUT2D eigenvalue weighted by Gasteiger charge is -2.17. The quantitative estimate of drug-likeness (QED) is 0.194. The highest BCUT2D eigenvalue weighted by Crippen LogP contribution is 2.44. The molecule has 1 aromatic carbocycles. The van der Waals surface area contributed by atoms with Gasteiger partial charge in [0, 0.05) is 24.1 Å². The van der Waals surface area contributed by atoms with Gasteiger partial charge in [-0.25, -0.2) is 28.2 Å². The third-order valence-electron chi connectivity index (χ3n) is 6.78. The fourth-order valence-corrected chi connectivity index (χ4v) is 5.34. The molecule has 0 bridgehead atoms. The van der Waals surface area contributed by atoms with Crippen LogP contribution in [0.2, 0.25) is 0 Å². The minimum absolute atomic E-state index is 0.0172. The van der Waals surface area contributed by atoms with Gasteiger partial charge >= 0.3 is 5.97 Å². The number of halogens is 2. The molecule has 2 unspecified atom stereocenters. The van der Waals surface area contributed by atoms with Crippen molar-refractivity contribution in [1.29, 1.82) is 0 Å². The zero-order valence-electron chi connectivity index (χ0n) is 20.8. The van der Waals surface area contributed by atoms with Crippen LogP contribution in [0.3, 0.4) is 0 Å². The highest BCUT2D eigenvalue weighted by molar-refractivity contribution is 7.99. The Labute approximate surface area is 220 Å². The molecule has 5 rings (SSSR count). The normalized spacial score (nSPS) is 26.6. The molecule has 2 aliphatic rings. The average Bonchev–Trinajstić information content (AvgIpc) is 3.46. The Kier molecular flexibility index (Phi) is 7.75. The molecule has 0 radical (unpaired) electrons. The number of nitrogens with zero attached hydrogens (tertiary/aromatic N) is 5. The molecule has 2 heterocycles. The predicted molar refractivity (Wildman–Crippen MR) is 133 cm³/mol. The summed E-state index contributed by atoms with van der Waals surface area (Å²) in [4.78, 5) is 20.7. The molecule has 14 heteroatoms. The van der Waals surface area contributed by atoms with Gasteiger partial charge in [-0.2, -0.15) is 0 Å². The van der Waals surface area contributed by atoms with Crippen LogP contribution in [0.4, 0.5) is 14.6 Å². The second-order valence-electron chi connectivity index (χ2n) is 9.39. The summed E-state index contributed by atoms with van der Waals surface area (Å²) in [5.41, 5.74) is 1.44. The summed E-state index contributed by atoms with van der Waals surface area (Å²) < 4.78 is 38.6. The van der Waals surface area contributed by atoms with E-state index in [1.165, 1.54) is 29.6 Å². The van der Waals surface area contributed by atoms with Crippen LogP contribution in [-0.2, 0) is 14.3 Å². The molecule has 2 aliphatic carbocycles. The largest absolute Gasteiger partial charge is 0.467 e. The van der Waals surface area contributed by atoms with E-state index in [9.17, 15) is 23.8 Å². The lowest BCUT2D eigenvalue weighted by Crippen LogP contribution is -2.34. The molecule has 11 nitrogen and oxygen atoms in total. The molecule has 0 spiro atoms. The van der Waals surface area contributed by atoms with E-state index in [0.717, 1.165) is 18.2 Å². The first-order valence-corrected chi connectivity index (χ1v) is 13.3. The predicted octanol–water partition coefficient (Wildman–Crippen LogP) is 2.19. The van der Waals surface area contributed by atoms with E-state index in [1.807, 2.05) is 6.92 Å². The number of fused-ring (bicyclic) bond motifs is 1. The van der Waals surface area contributed by atoms with Gasteiger partial charge in [0.25, 0.3) is 0 Å². The van der Waals surface area contributed by atoms with Crippen LogP contribution < -0.4 is 5.32 Å². The molecular weight excluding hydrogens is 522 g/mol. The number of carbonyl (C=O) groups is 1. The Morgan fingerprint density at radius 2 is 2.03 bits per heavy atom. The van der Waals surface area contributed by atoms with Crippen LogP contribution in [0.5, 0.6) is 0 Å². The van der Waals surface area contributed by atoms with Crippen molar-refractivity contribution in [2.75, 3.05) is 24.8 Å². The van der Waals surface area contributed by atoms with E-state index >= 15 is 0 Å². The molecule has 0 saturated heterocycles. The maximum atomic E-state index is 13.7. The van der Waals surface area contributed by atoms with Gasteiger partial charge in [-0.15, -0.1) is 5.10 Å². The first-order valence-electron chi connectivity index (χ1n) is 12.3. The molecule has 2 fully saturated rings. The van der Waals surface area contributed by atoms with Gasteiger partial charge in [-0.05, 0) is 30.5 Å². The maximum absolute atomic E-state index is 13.7. The fourth-order valence-electron chi connectivity index (χ4n) is 4.64. The number of aliphatic hydroxyl groups excluding tert-OH is 2. The summed E-state index contributed by atoms with van der Waals surface area (Å²) in [5.74, 6) is -1.16. The topological polar surface area (TPSA) is 145 Å². The van der Waals surface area contributed by atoms with Crippen molar-refractivity contribution in [2.24, 2.45) is 0 Å². The van der Waals surface area contributed by atoms with E-state index in [0.29, 0.717) is 34.1 Å².